The maximum Gasteiger partial charge on any atom is 0.124 e. The van der Waals surface area contributed by atoms with Gasteiger partial charge in [-0.25, -0.2) is 4.98 Å². The van der Waals surface area contributed by atoms with Crippen molar-refractivity contribution in [1.29, 1.82) is 5.26 Å². The van der Waals surface area contributed by atoms with Crippen LogP contribution in [0.25, 0.3) is 11.0 Å². The van der Waals surface area contributed by atoms with Crippen LogP contribution in [0.15, 0.2) is 18.2 Å². The number of aromatic nitrogens is 2. The predicted molar refractivity (Wildman–Crippen MR) is 85.2 cm³/mol. The Morgan fingerprint density at radius 3 is 2.81 bits per heavy atom. The van der Waals surface area contributed by atoms with Crippen LogP contribution in [0.4, 0.5) is 0 Å². The second kappa shape index (κ2) is 6.49. The number of aryl methyl sites for hydroxylation is 1. The number of imidazole rings is 1. The number of hydrogen-bond acceptors (Lipinski definition) is 2. The van der Waals surface area contributed by atoms with Crippen molar-refractivity contribution in [2.45, 2.75) is 50.9 Å². The van der Waals surface area contributed by atoms with E-state index in [0.29, 0.717) is 11.4 Å². The van der Waals surface area contributed by atoms with E-state index in [1.54, 1.807) is 0 Å². The second-order valence-electron chi connectivity index (χ2n) is 5.89. The Hall–Kier alpha value is -1.53. The van der Waals surface area contributed by atoms with Crippen molar-refractivity contribution in [1.82, 2.24) is 9.55 Å². The molecule has 0 atom stereocenters. The van der Waals surface area contributed by atoms with E-state index in [-0.39, 0.29) is 0 Å². The Balaban J connectivity index is 1.88. The van der Waals surface area contributed by atoms with Crippen LogP contribution < -0.4 is 0 Å². The first kappa shape index (κ1) is 14.4. The molecule has 0 spiro atoms. The molecule has 0 aliphatic heterocycles. The average Bonchev–Trinajstić information content (AvgIpc) is 2.91. The molecule has 1 aliphatic carbocycles. The number of alkyl halides is 1. The molecular formula is C17H20ClN3. The van der Waals surface area contributed by atoms with Crippen molar-refractivity contribution >= 4 is 22.6 Å². The molecule has 21 heavy (non-hydrogen) atoms. The average molecular weight is 302 g/mol. The van der Waals surface area contributed by atoms with Gasteiger partial charge >= 0.3 is 0 Å². The SMILES string of the molecule is N#Cc1cccc2c1nc(CCl)n2CCC1CCCCC1. The highest BCUT2D eigenvalue weighted by atomic mass is 35.5. The molecule has 0 unspecified atom stereocenters. The minimum Gasteiger partial charge on any atom is -0.327 e. The van der Waals surface area contributed by atoms with E-state index in [9.17, 15) is 5.26 Å². The number of nitriles is 1. The van der Waals surface area contributed by atoms with Gasteiger partial charge in [-0.3, -0.25) is 0 Å². The molecule has 1 aromatic carbocycles. The third-order valence-corrected chi connectivity index (χ3v) is 4.82. The lowest BCUT2D eigenvalue weighted by Gasteiger charge is -2.22. The monoisotopic (exact) mass is 301 g/mol. The van der Waals surface area contributed by atoms with Gasteiger partial charge in [0.05, 0.1) is 17.0 Å². The van der Waals surface area contributed by atoms with Crippen LogP contribution in [0.2, 0.25) is 0 Å². The molecule has 1 saturated carbocycles. The van der Waals surface area contributed by atoms with Gasteiger partial charge in [-0.1, -0.05) is 38.2 Å². The Bertz CT molecular complexity index is 662. The maximum atomic E-state index is 9.21. The molecule has 0 radical (unpaired) electrons. The first-order valence-electron chi connectivity index (χ1n) is 7.77. The number of nitrogens with zero attached hydrogens (tertiary/aromatic N) is 3. The quantitative estimate of drug-likeness (QED) is 0.773. The normalized spacial score (nSPS) is 16.2. The number of fused-ring (bicyclic) bond motifs is 1. The molecule has 1 heterocycles. The Morgan fingerprint density at radius 1 is 1.29 bits per heavy atom. The van der Waals surface area contributed by atoms with Crippen LogP contribution in [0.5, 0.6) is 0 Å². The van der Waals surface area contributed by atoms with E-state index in [2.05, 4.69) is 15.6 Å². The van der Waals surface area contributed by atoms with Crippen LogP contribution in [0.3, 0.4) is 0 Å². The van der Waals surface area contributed by atoms with E-state index in [1.807, 2.05) is 18.2 Å². The molecule has 2 aromatic rings. The Kier molecular flexibility index (Phi) is 4.45. The Morgan fingerprint density at radius 2 is 2.10 bits per heavy atom. The van der Waals surface area contributed by atoms with Gasteiger partial charge in [0.2, 0.25) is 0 Å². The summed E-state index contributed by atoms with van der Waals surface area (Å²) in [6, 6.07) is 8.01. The molecule has 110 valence electrons. The minimum absolute atomic E-state index is 0.393. The molecule has 1 aromatic heterocycles. The molecule has 0 amide bonds. The van der Waals surface area contributed by atoms with Gasteiger partial charge in [0.15, 0.2) is 0 Å². The van der Waals surface area contributed by atoms with Gasteiger partial charge in [0.25, 0.3) is 0 Å². The van der Waals surface area contributed by atoms with Gasteiger partial charge < -0.3 is 4.57 Å². The highest BCUT2D eigenvalue weighted by molar-refractivity contribution is 6.16. The zero-order valence-corrected chi connectivity index (χ0v) is 12.9. The summed E-state index contributed by atoms with van der Waals surface area (Å²) in [5.41, 5.74) is 2.47. The van der Waals surface area contributed by atoms with Crippen molar-refractivity contribution in [2.24, 2.45) is 5.92 Å². The van der Waals surface area contributed by atoms with E-state index in [1.165, 1.54) is 38.5 Å². The number of hydrogen-bond donors (Lipinski definition) is 0. The van der Waals surface area contributed by atoms with Crippen molar-refractivity contribution in [2.75, 3.05) is 0 Å². The first-order chi connectivity index (χ1) is 10.3. The summed E-state index contributed by atoms with van der Waals surface area (Å²) >= 11 is 6.05. The molecule has 0 saturated heterocycles. The zero-order valence-electron chi connectivity index (χ0n) is 12.2. The van der Waals surface area contributed by atoms with Crippen molar-refractivity contribution in [3.05, 3.63) is 29.6 Å². The molecule has 3 rings (SSSR count). The number of benzene rings is 1. The lowest BCUT2D eigenvalue weighted by Crippen LogP contribution is -2.11. The minimum atomic E-state index is 0.393. The molecule has 3 nitrogen and oxygen atoms in total. The molecule has 1 fully saturated rings. The van der Waals surface area contributed by atoms with Crippen LogP contribution in [-0.4, -0.2) is 9.55 Å². The number of rotatable bonds is 4. The molecule has 4 heteroatoms. The van der Waals surface area contributed by atoms with Crippen LogP contribution in [0, 0.1) is 17.2 Å². The topological polar surface area (TPSA) is 41.6 Å². The lowest BCUT2D eigenvalue weighted by molar-refractivity contribution is 0.324. The summed E-state index contributed by atoms with van der Waals surface area (Å²) in [6.07, 6.45) is 8.03. The van der Waals surface area contributed by atoms with E-state index >= 15 is 0 Å². The van der Waals surface area contributed by atoms with Crippen molar-refractivity contribution in [3.8, 4) is 6.07 Å². The maximum absolute atomic E-state index is 9.21. The zero-order chi connectivity index (χ0) is 14.7. The second-order valence-corrected chi connectivity index (χ2v) is 6.16. The van der Waals surface area contributed by atoms with E-state index in [0.717, 1.165) is 29.3 Å². The summed E-state index contributed by atoms with van der Waals surface area (Å²) in [6.45, 7) is 0.956. The van der Waals surface area contributed by atoms with Crippen LogP contribution in [0.1, 0.15) is 49.9 Å². The summed E-state index contributed by atoms with van der Waals surface area (Å²) in [5, 5.41) is 9.21. The van der Waals surface area contributed by atoms with E-state index < -0.39 is 0 Å². The number of halogens is 1. The summed E-state index contributed by atoms with van der Waals surface area (Å²) < 4.78 is 2.21. The van der Waals surface area contributed by atoms with Gasteiger partial charge in [-0.05, 0) is 24.5 Å². The summed E-state index contributed by atoms with van der Waals surface area (Å²) in [4.78, 5) is 4.57. The highest BCUT2D eigenvalue weighted by Gasteiger charge is 2.16. The van der Waals surface area contributed by atoms with Gasteiger partial charge in [0, 0.05) is 6.54 Å². The largest absolute Gasteiger partial charge is 0.327 e. The summed E-state index contributed by atoms with van der Waals surface area (Å²) in [7, 11) is 0. The predicted octanol–water partition coefficient (Wildman–Crippen LogP) is 4.62. The molecule has 0 N–H and O–H groups in total. The van der Waals surface area contributed by atoms with Crippen molar-refractivity contribution < 1.29 is 0 Å². The van der Waals surface area contributed by atoms with Crippen LogP contribution in [-0.2, 0) is 12.4 Å². The fourth-order valence-corrected chi connectivity index (χ4v) is 3.63. The number of para-hydroxylation sites is 1. The Labute approximate surface area is 130 Å². The summed E-state index contributed by atoms with van der Waals surface area (Å²) in [5.74, 6) is 2.10. The molecule has 1 aliphatic rings. The van der Waals surface area contributed by atoms with Gasteiger partial charge in [-0.2, -0.15) is 5.26 Å². The van der Waals surface area contributed by atoms with Crippen LogP contribution >= 0.6 is 11.6 Å². The van der Waals surface area contributed by atoms with Crippen molar-refractivity contribution in [3.63, 3.8) is 0 Å². The fourth-order valence-electron chi connectivity index (χ4n) is 3.42. The van der Waals surface area contributed by atoms with Gasteiger partial charge in [0.1, 0.15) is 17.4 Å². The van der Waals surface area contributed by atoms with Gasteiger partial charge in [-0.15, -0.1) is 11.6 Å². The third-order valence-electron chi connectivity index (χ3n) is 4.58. The fraction of sp³-hybridized carbons (Fsp3) is 0.529. The first-order valence-corrected chi connectivity index (χ1v) is 8.31. The molecular weight excluding hydrogens is 282 g/mol. The third kappa shape index (κ3) is 2.91. The lowest BCUT2D eigenvalue weighted by atomic mass is 9.87. The highest BCUT2D eigenvalue weighted by Crippen LogP contribution is 2.28. The van der Waals surface area contributed by atoms with E-state index in [4.69, 9.17) is 11.6 Å². The smallest absolute Gasteiger partial charge is 0.124 e. The molecule has 0 bridgehead atoms. The standard InChI is InChI=1S/C17H20ClN3/c18-11-16-20-17-14(12-19)7-4-8-15(17)21(16)10-9-13-5-2-1-3-6-13/h4,7-8,13H,1-3,5-6,9-11H2.